The first kappa shape index (κ1) is 13.1. The summed E-state index contributed by atoms with van der Waals surface area (Å²) in [5, 5.41) is 7.17. The Morgan fingerprint density at radius 1 is 1.44 bits per heavy atom. The normalized spacial score (nSPS) is 24.6. The molecular weight excluding hydrogens is 228 g/mol. The van der Waals surface area contributed by atoms with Crippen LogP contribution in [0.2, 0.25) is 0 Å². The van der Waals surface area contributed by atoms with Gasteiger partial charge in [-0.1, -0.05) is 19.3 Å². The zero-order valence-corrected chi connectivity index (χ0v) is 11.1. The van der Waals surface area contributed by atoms with Gasteiger partial charge in [-0.15, -0.1) is 0 Å². The molecule has 1 saturated carbocycles. The molecule has 1 aromatic heterocycles. The largest absolute Gasteiger partial charge is 0.327 e. The molecule has 1 aromatic rings. The Morgan fingerprint density at radius 3 is 2.83 bits per heavy atom. The van der Waals surface area contributed by atoms with Crippen molar-refractivity contribution in [3.8, 4) is 0 Å². The van der Waals surface area contributed by atoms with E-state index in [-0.39, 0.29) is 17.9 Å². The van der Waals surface area contributed by atoms with Crippen molar-refractivity contribution < 1.29 is 4.79 Å². The fraction of sp³-hybridized carbons (Fsp3) is 0.692. The molecule has 0 saturated heterocycles. The average molecular weight is 250 g/mol. The Balaban J connectivity index is 2.04. The van der Waals surface area contributed by atoms with Crippen molar-refractivity contribution in [1.29, 1.82) is 0 Å². The van der Waals surface area contributed by atoms with Crippen molar-refractivity contribution in [2.45, 2.75) is 45.1 Å². The second kappa shape index (κ2) is 5.52. The van der Waals surface area contributed by atoms with Gasteiger partial charge in [0.15, 0.2) is 0 Å². The summed E-state index contributed by atoms with van der Waals surface area (Å²) in [6, 6.07) is -0.00974. The molecule has 18 heavy (non-hydrogen) atoms. The molecule has 5 nitrogen and oxygen atoms in total. The molecule has 0 bridgehead atoms. The quantitative estimate of drug-likeness (QED) is 0.783. The van der Waals surface area contributed by atoms with Gasteiger partial charge in [0.2, 0.25) is 5.91 Å². The van der Waals surface area contributed by atoms with Crippen molar-refractivity contribution in [2.75, 3.05) is 5.32 Å². The summed E-state index contributed by atoms with van der Waals surface area (Å²) in [7, 11) is 1.85. The summed E-state index contributed by atoms with van der Waals surface area (Å²) in [4.78, 5) is 12.3. The van der Waals surface area contributed by atoms with Crippen molar-refractivity contribution in [2.24, 2.45) is 18.7 Å². The fourth-order valence-electron chi connectivity index (χ4n) is 2.61. The number of nitrogens with one attached hydrogen (secondary N) is 1. The Bertz CT molecular complexity index is 427. The van der Waals surface area contributed by atoms with Crippen LogP contribution in [0.5, 0.6) is 0 Å². The van der Waals surface area contributed by atoms with Crippen LogP contribution in [0.3, 0.4) is 0 Å². The number of carbonyl (C=O) groups is 1. The number of aromatic nitrogens is 2. The molecule has 1 heterocycles. The molecule has 100 valence electrons. The number of amides is 1. The first-order valence-electron chi connectivity index (χ1n) is 6.64. The minimum Gasteiger partial charge on any atom is -0.327 e. The van der Waals surface area contributed by atoms with Gasteiger partial charge in [-0.3, -0.25) is 9.48 Å². The van der Waals surface area contributed by atoms with Crippen LogP contribution in [-0.2, 0) is 11.8 Å². The second-order valence-electron chi connectivity index (χ2n) is 5.20. The predicted octanol–water partition coefficient (Wildman–Crippen LogP) is 1.57. The van der Waals surface area contributed by atoms with Gasteiger partial charge in [-0.05, 0) is 19.8 Å². The zero-order chi connectivity index (χ0) is 13.1. The molecule has 0 aliphatic heterocycles. The van der Waals surface area contributed by atoms with Gasteiger partial charge in [0, 0.05) is 19.3 Å². The SMILES string of the molecule is Cc1nn(C)cc1NC(=O)C1CCCCCC1N. The van der Waals surface area contributed by atoms with Gasteiger partial charge in [0.05, 0.1) is 17.3 Å². The van der Waals surface area contributed by atoms with Crippen LogP contribution in [0.15, 0.2) is 6.20 Å². The lowest BCUT2D eigenvalue weighted by molar-refractivity contribution is -0.120. The summed E-state index contributed by atoms with van der Waals surface area (Å²) < 4.78 is 1.71. The Kier molecular flexibility index (Phi) is 4.01. The van der Waals surface area contributed by atoms with Crippen LogP contribution >= 0.6 is 0 Å². The van der Waals surface area contributed by atoms with E-state index in [1.54, 1.807) is 4.68 Å². The Labute approximate surface area is 108 Å². The van der Waals surface area contributed by atoms with E-state index in [4.69, 9.17) is 5.73 Å². The highest BCUT2D eigenvalue weighted by atomic mass is 16.1. The summed E-state index contributed by atoms with van der Waals surface area (Å²) in [6.07, 6.45) is 7.09. The standard InChI is InChI=1S/C13H22N4O/c1-9-12(8-17(2)16-9)15-13(18)10-6-4-3-5-7-11(10)14/h8,10-11H,3-7,14H2,1-2H3,(H,15,18). The third kappa shape index (κ3) is 2.90. The van der Waals surface area contributed by atoms with Crippen LogP contribution < -0.4 is 11.1 Å². The van der Waals surface area contributed by atoms with E-state index in [9.17, 15) is 4.79 Å². The summed E-state index contributed by atoms with van der Waals surface area (Å²) in [5.74, 6) is -0.0207. The number of carbonyl (C=O) groups excluding carboxylic acids is 1. The molecule has 5 heteroatoms. The third-order valence-corrected chi connectivity index (χ3v) is 3.68. The lowest BCUT2D eigenvalue weighted by atomic mass is 9.94. The molecular formula is C13H22N4O. The number of rotatable bonds is 2. The van der Waals surface area contributed by atoms with Crippen molar-refractivity contribution in [1.82, 2.24) is 9.78 Å². The highest BCUT2D eigenvalue weighted by Gasteiger charge is 2.27. The molecule has 1 fully saturated rings. The lowest BCUT2D eigenvalue weighted by Gasteiger charge is -2.20. The Morgan fingerprint density at radius 2 is 2.17 bits per heavy atom. The molecule has 3 N–H and O–H groups in total. The number of nitrogens with zero attached hydrogens (tertiary/aromatic N) is 2. The number of hydrogen-bond acceptors (Lipinski definition) is 3. The highest BCUT2D eigenvalue weighted by molar-refractivity contribution is 5.93. The van der Waals surface area contributed by atoms with Crippen LogP contribution in [0.1, 0.15) is 37.8 Å². The van der Waals surface area contributed by atoms with Gasteiger partial charge in [-0.2, -0.15) is 5.10 Å². The molecule has 0 aromatic carbocycles. The van der Waals surface area contributed by atoms with Crippen LogP contribution in [0.25, 0.3) is 0 Å². The van der Waals surface area contributed by atoms with Gasteiger partial charge in [-0.25, -0.2) is 0 Å². The smallest absolute Gasteiger partial charge is 0.229 e. The monoisotopic (exact) mass is 250 g/mol. The third-order valence-electron chi connectivity index (χ3n) is 3.68. The first-order chi connectivity index (χ1) is 8.58. The maximum Gasteiger partial charge on any atom is 0.229 e. The molecule has 0 spiro atoms. The minimum atomic E-state index is -0.0629. The highest BCUT2D eigenvalue weighted by Crippen LogP contribution is 2.24. The summed E-state index contributed by atoms with van der Waals surface area (Å²) in [5.41, 5.74) is 7.73. The average Bonchev–Trinajstić information content (AvgIpc) is 2.52. The first-order valence-corrected chi connectivity index (χ1v) is 6.64. The molecule has 0 radical (unpaired) electrons. The van der Waals surface area contributed by atoms with Crippen LogP contribution in [0, 0.1) is 12.8 Å². The molecule has 2 rings (SSSR count). The molecule has 2 unspecified atom stereocenters. The van der Waals surface area contributed by atoms with Crippen molar-refractivity contribution in [3.05, 3.63) is 11.9 Å². The number of anilines is 1. The van der Waals surface area contributed by atoms with E-state index in [1.807, 2.05) is 20.2 Å². The number of nitrogens with two attached hydrogens (primary N) is 1. The van der Waals surface area contributed by atoms with Gasteiger partial charge >= 0.3 is 0 Å². The van der Waals surface area contributed by atoms with Gasteiger partial charge < -0.3 is 11.1 Å². The van der Waals surface area contributed by atoms with E-state index in [2.05, 4.69) is 10.4 Å². The molecule has 1 aliphatic carbocycles. The zero-order valence-electron chi connectivity index (χ0n) is 11.1. The van der Waals surface area contributed by atoms with E-state index in [0.717, 1.165) is 37.1 Å². The maximum absolute atomic E-state index is 12.3. The van der Waals surface area contributed by atoms with Crippen molar-refractivity contribution >= 4 is 11.6 Å². The fourth-order valence-corrected chi connectivity index (χ4v) is 2.61. The van der Waals surface area contributed by atoms with E-state index < -0.39 is 0 Å². The minimum absolute atomic E-state index is 0.00974. The topological polar surface area (TPSA) is 72.9 Å². The Hall–Kier alpha value is -1.36. The molecule has 1 aliphatic rings. The van der Waals surface area contributed by atoms with E-state index in [1.165, 1.54) is 6.42 Å². The number of aryl methyl sites for hydroxylation is 2. The molecule has 1 amide bonds. The van der Waals surface area contributed by atoms with Crippen molar-refractivity contribution in [3.63, 3.8) is 0 Å². The van der Waals surface area contributed by atoms with Crippen LogP contribution in [-0.4, -0.2) is 21.7 Å². The summed E-state index contributed by atoms with van der Waals surface area (Å²) in [6.45, 7) is 1.89. The second-order valence-corrected chi connectivity index (χ2v) is 5.20. The lowest BCUT2D eigenvalue weighted by Crippen LogP contribution is -2.37. The summed E-state index contributed by atoms with van der Waals surface area (Å²) >= 11 is 0. The van der Waals surface area contributed by atoms with Gasteiger partial charge in [0.1, 0.15) is 0 Å². The predicted molar refractivity (Wildman–Crippen MR) is 71.1 cm³/mol. The number of hydrogen-bond donors (Lipinski definition) is 2. The molecule has 2 atom stereocenters. The van der Waals surface area contributed by atoms with E-state index in [0.29, 0.717) is 0 Å². The maximum atomic E-state index is 12.3. The van der Waals surface area contributed by atoms with E-state index >= 15 is 0 Å². The van der Waals surface area contributed by atoms with Gasteiger partial charge in [0.25, 0.3) is 0 Å². The van der Waals surface area contributed by atoms with Crippen LogP contribution in [0.4, 0.5) is 5.69 Å².